The van der Waals surface area contributed by atoms with Crippen molar-refractivity contribution in [2.24, 2.45) is 0 Å². The molecule has 0 spiro atoms. The van der Waals surface area contributed by atoms with Gasteiger partial charge in [0.05, 0.1) is 23.8 Å². The van der Waals surface area contributed by atoms with Gasteiger partial charge in [-0.2, -0.15) is 0 Å². The van der Waals surface area contributed by atoms with Gasteiger partial charge in [0.2, 0.25) is 0 Å². The standard InChI is InChI=1S/C20H22N2O5/c1-2-26-20(23)11-9-17-14-21(13-15-6-4-3-5-7-15)18-12-16(22(24)25)8-10-19(18)27-17/h3-8,10,12,17H,2,9,11,13-14H2,1H3. The second-order valence-corrected chi connectivity index (χ2v) is 6.36. The molecule has 1 atom stereocenters. The number of fused-ring (bicyclic) bond motifs is 1. The van der Waals surface area contributed by atoms with Gasteiger partial charge in [-0.05, 0) is 25.0 Å². The molecule has 142 valence electrons. The number of hydrogen-bond donors (Lipinski definition) is 0. The zero-order valence-corrected chi connectivity index (χ0v) is 15.2. The normalized spacial score (nSPS) is 15.6. The predicted molar refractivity (Wildman–Crippen MR) is 101 cm³/mol. The number of rotatable bonds is 7. The highest BCUT2D eigenvalue weighted by molar-refractivity contribution is 5.69. The first-order valence-corrected chi connectivity index (χ1v) is 8.96. The van der Waals surface area contributed by atoms with Gasteiger partial charge in [0.1, 0.15) is 11.9 Å². The lowest BCUT2D eigenvalue weighted by Gasteiger charge is -2.36. The van der Waals surface area contributed by atoms with Gasteiger partial charge in [-0.15, -0.1) is 0 Å². The van der Waals surface area contributed by atoms with E-state index in [1.54, 1.807) is 19.1 Å². The van der Waals surface area contributed by atoms with Crippen LogP contribution in [0.5, 0.6) is 5.75 Å². The van der Waals surface area contributed by atoms with Crippen molar-refractivity contribution in [3.63, 3.8) is 0 Å². The summed E-state index contributed by atoms with van der Waals surface area (Å²) in [6.45, 7) is 3.29. The van der Waals surface area contributed by atoms with E-state index >= 15 is 0 Å². The molecule has 7 nitrogen and oxygen atoms in total. The lowest BCUT2D eigenvalue weighted by atomic mass is 10.1. The molecular weight excluding hydrogens is 348 g/mol. The minimum Gasteiger partial charge on any atom is -0.486 e. The maximum absolute atomic E-state index is 11.7. The molecule has 1 aliphatic heterocycles. The summed E-state index contributed by atoms with van der Waals surface area (Å²) < 4.78 is 11.0. The van der Waals surface area contributed by atoms with Crippen LogP contribution in [0.3, 0.4) is 0 Å². The Morgan fingerprint density at radius 3 is 2.78 bits per heavy atom. The molecule has 0 N–H and O–H groups in total. The van der Waals surface area contributed by atoms with Crippen molar-refractivity contribution < 1.29 is 19.2 Å². The Labute approximate surface area is 157 Å². The smallest absolute Gasteiger partial charge is 0.305 e. The number of nitro groups is 1. The summed E-state index contributed by atoms with van der Waals surface area (Å²) >= 11 is 0. The van der Waals surface area contributed by atoms with Crippen LogP contribution in [0, 0.1) is 10.1 Å². The van der Waals surface area contributed by atoms with Crippen molar-refractivity contribution in [2.75, 3.05) is 18.1 Å². The van der Waals surface area contributed by atoms with E-state index in [9.17, 15) is 14.9 Å². The Morgan fingerprint density at radius 1 is 1.30 bits per heavy atom. The highest BCUT2D eigenvalue weighted by Crippen LogP contribution is 2.38. The summed E-state index contributed by atoms with van der Waals surface area (Å²) in [6.07, 6.45) is 0.618. The minimum atomic E-state index is -0.409. The summed E-state index contributed by atoms with van der Waals surface area (Å²) in [6, 6.07) is 14.5. The third-order valence-electron chi connectivity index (χ3n) is 4.40. The summed E-state index contributed by atoms with van der Waals surface area (Å²) in [5, 5.41) is 11.1. The van der Waals surface area contributed by atoms with E-state index < -0.39 is 4.92 Å². The first kappa shape index (κ1) is 18.7. The van der Waals surface area contributed by atoms with Crippen molar-refractivity contribution in [2.45, 2.75) is 32.4 Å². The monoisotopic (exact) mass is 370 g/mol. The van der Waals surface area contributed by atoms with Crippen molar-refractivity contribution in [1.82, 2.24) is 0 Å². The van der Waals surface area contributed by atoms with E-state index in [0.29, 0.717) is 37.6 Å². The fourth-order valence-corrected chi connectivity index (χ4v) is 3.14. The fraction of sp³-hybridized carbons (Fsp3) is 0.350. The summed E-state index contributed by atoms with van der Waals surface area (Å²) in [5.74, 6) is 0.349. The molecule has 1 unspecified atom stereocenters. The van der Waals surface area contributed by atoms with Gasteiger partial charge >= 0.3 is 5.97 Å². The lowest BCUT2D eigenvalue weighted by molar-refractivity contribution is -0.384. The van der Waals surface area contributed by atoms with Gasteiger partial charge in [-0.1, -0.05) is 30.3 Å². The van der Waals surface area contributed by atoms with Crippen molar-refractivity contribution in [1.29, 1.82) is 0 Å². The molecule has 1 heterocycles. The molecule has 0 bridgehead atoms. The molecule has 0 aliphatic carbocycles. The number of nitrogens with zero attached hydrogens (tertiary/aromatic N) is 2. The van der Waals surface area contributed by atoms with Crippen LogP contribution in [0.1, 0.15) is 25.3 Å². The Balaban J connectivity index is 1.81. The van der Waals surface area contributed by atoms with Gasteiger partial charge in [-0.25, -0.2) is 0 Å². The highest BCUT2D eigenvalue weighted by atomic mass is 16.6. The molecule has 0 saturated carbocycles. The Hall–Kier alpha value is -3.09. The molecule has 0 fully saturated rings. The van der Waals surface area contributed by atoms with Crippen molar-refractivity contribution in [3.05, 3.63) is 64.2 Å². The van der Waals surface area contributed by atoms with Gasteiger partial charge < -0.3 is 14.4 Å². The van der Waals surface area contributed by atoms with Crippen LogP contribution in [-0.4, -0.2) is 30.1 Å². The maximum Gasteiger partial charge on any atom is 0.305 e. The highest BCUT2D eigenvalue weighted by Gasteiger charge is 2.28. The number of carbonyl (C=O) groups is 1. The Morgan fingerprint density at radius 2 is 2.07 bits per heavy atom. The number of hydrogen-bond acceptors (Lipinski definition) is 6. The molecule has 0 aromatic heterocycles. The largest absolute Gasteiger partial charge is 0.486 e. The number of ether oxygens (including phenoxy) is 2. The van der Waals surface area contributed by atoms with Crippen LogP contribution in [-0.2, 0) is 16.1 Å². The van der Waals surface area contributed by atoms with E-state index in [-0.39, 0.29) is 24.2 Å². The average molecular weight is 370 g/mol. The van der Waals surface area contributed by atoms with E-state index in [2.05, 4.69) is 4.90 Å². The zero-order valence-electron chi connectivity index (χ0n) is 15.2. The van der Waals surface area contributed by atoms with E-state index in [1.165, 1.54) is 6.07 Å². The second kappa shape index (κ2) is 8.53. The van der Waals surface area contributed by atoms with Crippen LogP contribution >= 0.6 is 0 Å². The molecule has 1 aliphatic rings. The molecular formula is C20H22N2O5. The average Bonchev–Trinajstić information content (AvgIpc) is 2.67. The number of carbonyl (C=O) groups excluding carboxylic acids is 1. The predicted octanol–water partition coefficient (Wildman–Crippen LogP) is 3.71. The number of non-ortho nitro benzene ring substituents is 1. The van der Waals surface area contributed by atoms with Crippen LogP contribution in [0.2, 0.25) is 0 Å². The van der Waals surface area contributed by atoms with Gasteiger partial charge in [0.15, 0.2) is 0 Å². The Kier molecular flexibility index (Phi) is 5.90. The number of esters is 1. The quantitative estimate of drug-likeness (QED) is 0.420. The Bertz CT molecular complexity index is 809. The van der Waals surface area contributed by atoms with Crippen LogP contribution in [0.15, 0.2) is 48.5 Å². The van der Waals surface area contributed by atoms with Crippen LogP contribution < -0.4 is 9.64 Å². The SMILES string of the molecule is CCOC(=O)CCC1CN(Cc2ccccc2)c2cc([N+](=O)[O-])ccc2O1. The van der Waals surface area contributed by atoms with Crippen LogP contribution in [0.25, 0.3) is 0 Å². The molecule has 2 aromatic carbocycles. The maximum atomic E-state index is 11.7. The van der Waals surface area contributed by atoms with Gasteiger partial charge in [0.25, 0.3) is 5.69 Å². The molecule has 0 radical (unpaired) electrons. The molecule has 0 amide bonds. The third kappa shape index (κ3) is 4.75. The van der Waals surface area contributed by atoms with Gasteiger partial charge in [-0.3, -0.25) is 14.9 Å². The first-order chi connectivity index (χ1) is 13.1. The number of anilines is 1. The summed E-state index contributed by atoms with van der Waals surface area (Å²) in [7, 11) is 0. The summed E-state index contributed by atoms with van der Waals surface area (Å²) in [5.41, 5.74) is 1.82. The van der Waals surface area contributed by atoms with E-state index in [1.807, 2.05) is 30.3 Å². The van der Waals surface area contributed by atoms with Crippen molar-refractivity contribution in [3.8, 4) is 5.75 Å². The van der Waals surface area contributed by atoms with Crippen LogP contribution in [0.4, 0.5) is 11.4 Å². The zero-order chi connectivity index (χ0) is 19.2. The third-order valence-corrected chi connectivity index (χ3v) is 4.40. The lowest BCUT2D eigenvalue weighted by Crippen LogP contribution is -2.40. The number of nitro benzene ring substituents is 1. The van der Waals surface area contributed by atoms with E-state index in [4.69, 9.17) is 9.47 Å². The second-order valence-electron chi connectivity index (χ2n) is 6.36. The number of benzene rings is 2. The van der Waals surface area contributed by atoms with Crippen molar-refractivity contribution >= 4 is 17.3 Å². The van der Waals surface area contributed by atoms with Gasteiger partial charge in [0, 0.05) is 25.1 Å². The molecule has 7 heteroatoms. The molecule has 27 heavy (non-hydrogen) atoms. The molecule has 0 saturated heterocycles. The topological polar surface area (TPSA) is 81.9 Å². The fourth-order valence-electron chi connectivity index (χ4n) is 3.14. The molecule has 2 aromatic rings. The molecule has 3 rings (SSSR count). The summed E-state index contributed by atoms with van der Waals surface area (Å²) in [4.78, 5) is 24.5. The van der Waals surface area contributed by atoms with E-state index in [0.717, 1.165) is 5.56 Å². The minimum absolute atomic E-state index is 0.0281. The first-order valence-electron chi connectivity index (χ1n) is 8.96.